The summed E-state index contributed by atoms with van der Waals surface area (Å²) >= 11 is 1.70. The maximum Gasteiger partial charge on any atom is 0.255 e. The lowest BCUT2D eigenvalue weighted by Crippen LogP contribution is -2.12. The summed E-state index contributed by atoms with van der Waals surface area (Å²) in [5.41, 5.74) is 3.16. The molecule has 5 nitrogen and oxygen atoms in total. The number of benzene rings is 3. The van der Waals surface area contributed by atoms with Crippen LogP contribution in [-0.2, 0) is 0 Å². The standard InChI is InChI=1S/C23H17N3O2S/c1-28-18-7-4-6-17(12-18)25-23(27)15-9-16-13-24-26-22(16)19(10-15)21-11-14-5-2-3-8-20(14)29-21/h2-13H,1H3,(H,24,26)(H,25,27). The minimum Gasteiger partial charge on any atom is -0.497 e. The van der Waals surface area contributed by atoms with Crippen LogP contribution in [0.3, 0.4) is 0 Å². The van der Waals surface area contributed by atoms with E-state index in [2.05, 4.69) is 33.7 Å². The quantitative estimate of drug-likeness (QED) is 0.407. The molecule has 0 bridgehead atoms. The topological polar surface area (TPSA) is 67.0 Å². The summed E-state index contributed by atoms with van der Waals surface area (Å²) in [6, 6.07) is 21.5. The van der Waals surface area contributed by atoms with Crippen LogP contribution in [0.15, 0.2) is 72.9 Å². The summed E-state index contributed by atoms with van der Waals surface area (Å²) in [5.74, 6) is 0.516. The first kappa shape index (κ1) is 17.5. The van der Waals surface area contributed by atoms with E-state index in [-0.39, 0.29) is 5.91 Å². The fourth-order valence-electron chi connectivity index (χ4n) is 3.40. The molecule has 0 fully saturated rings. The van der Waals surface area contributed by atoms with Crippen LogP contribution >= 0.6 is 11.3 Å². The van der Waals surface area contributed by atoms with Crippen LogP contribution in [0.25, 0.3) is 31.4 Å². The molecule has 0 unspecified atom stereocenters. The predicted octanol–water partition coefficient (Wildman–Crippen LogP) is 5.71. The molecule has 6 heteroatoms. The molecule has 5 aromatic rings. The Hall–Kier alpha value is -3.64. The number of hydrogen-bond acceptors (Lipinski definition) is 4. The molecule has 2 heterocycles. The number of anilines is 1. The Morgan fingerprint density at radius 2 is 1.93 bits per heavy atom. The molecule has 2 N–H and O–H groups in total. The zero-order chi connectivity index (χ0) is 19.8. The van der Waals surface area contributed by atoms with Gasteiger partial charge in [-0.15, -0.1) is 11.3 Å². The summed E-state index contributed by atoms with van der Waals surface area (Å²) in [7, 11) is 1.60. The van der Waals surface area contributed by atoms with E-state index in [1.165, 1.54) is 10.1 Å². The number of fused-ring (bicyclic) bond motifs is 2. The van der Waals surface area contributed by atoms with Crippen molar-refractivity contribution in [2.45, 2.75) is 0 Å². The Morgan fingerprint density at radius 1 is 1.03 bits per heavy atom. The minimum atomic E-state index is -0.177. The summed E-state index contributed by atoms with van der Waals surface area (Å²) < 4.78 is 6.44. The van der Waals surface area contributed by atoms with Gasteiger partial charge in [0.25, 0.3) is 5.91 Å². The van der Waals surface area contributed by atoms with Gasteiger partial charge < -0.3 is 10.1 Å². The fourth-order valence-corrected chi connectivity index (χ4v) is 4.49. The van der Waals surface area contributed by atoms with Gasteiger partial charge in [0.1, 0.15) is 5.75 Å². The van der Waals surface area contributed by atoms with Crippen molar-refractivity contribution in [1.82, 2.24) is 10.2 Å². The Balaban J connectivity index is 1.57. The Kier molecular flexibility index (Phi) is 4.26. The lowest BCUT2D eigenvalue weighted by molar-refractivity contribution is 0.102. The highest BCUT2D eigenvalue weighted by molar-refractivity contribution is 7.22. The van der Waals surface area contributed by atoms with Gasteiger partial charge in [0.15, 0.2) is 0 Å². The first-order valence-corrected chi connectivity index (χ1v) is 9.94. The minimum absolute atomic E-state index is 0.177. The van der Waals surface area contributed by atoms with Crippen molar-refractivity contribution in [3.8, 4) is 16.2 Å². The second-order valence-electron chi connectivity index (χ2n) is 6.69. The highest BCUT2D eigenvalue weighted by Gasteiger charge is 2.15. The lowest BCUT2D eigenvalue weighted by atomic mass is 10.0. The number of H-pyrrole nitrogens is 1. The van der Waals surface area contributed by atoms with Gasteiger partial charge in [-0.05, 0) is 41.8 Å². The average Bonchev–Trinajstić information content (AvgIpc) is 3.39. The zero-order valence-electron chi connectivity index (χ0n) is 15.6. The molecule has 142 valence electrons. The van der Waals surface area contributed by atoms with Gasteiger partial charge in [-0.2, -0.15) is 5.10 Å². The van der Waals surface area contributed by atoms with E-state index in [1.54, 1.807) is 30.7 Å². The molecule has 0 aliphatic heterocycles. The number of thiophene rings is 1. The van der Waals surface area contributed by atoms with Crippen molar-refractivity contribution in [3.05, 3.63) is 78.5 Å². The van der Waals surface area contributed by atoms with E-state index in [0.29, 0.717) is 17.0 Å². The van der Waals surface area contributed by atoms with E-state index in [0.717, 1.165) is 21.3 Å². The molecule has 0 saturated carbocycles. The van der Waals surface area contributed by atoms with Crippen LogP contribution in [0.2, 0.25) is 0 Å². The van der Waals surface area contributed by atoms with Crippen molar-refractivity contribution in [1.29, 1.82) is 0 Å². The molecular formula is C23H17N3O2S. The molecule has 0 spiro atoms. The summed E-state index contributed by atoms with van der Waals surface area (Å²) in [6.45, 7) is 0. The number of carbonyl (C=O) groups excluding carboxylic acids is 1. The molecular weight excluding hydrogens is 382 g/mol. The molecule has 0 radical (unpaired) electrons. The molecule has 3 aromatic carbocycles. The summed E-state index contributed by atoms with van der Waals surface area (Å²) in [6.07, 6.45) is 1.74. The third kappa shape index (κ3) is 3.23. The molecule has 0 saturated heterocycles. The van der Waals surface area contributed by atoms with Crippen LogP contribution in [-0.4, -0.2) is 23.2 Å². The van der Waals surface area contributed by atoms with Crippen molar-refractivity contribution in [2.24, 2.45) is 0 Å². The molecule has 1 amide bonds. The second-order valence-corrected chi connectivity index (χ2v) is 7.78. The number of carbonyl (C=O) groups is 1. The number of ether oxygens (including phenoxy) is 1. The van der Waals surface area contributed by atoms with Gasteiger partial charge in [0.05, 0.1) is 18.8 Å². The lowest BCUT2D eigenvalue weighted by Gasteiger charge is -2.09. The monoisotopic (exact) mass is 399 g/mol. The SMILES string of the molecule is COc1cccc(NC(=O)c2cc(-c3cc4ccccc4s3)c3[nH]ncc3c2)c1. The van der Waals surface area contributed by atoms with Crippen molar-refractivity contribution in [3.63, 3.8) is 0 Å². The van der Waals surface area contributed by atoms with Gasteiger partial charge in [-0.25, -0.2) is 0 Å². The highest BCUT2D eigenvalue weighted by atomic mass is 32.1. The smallest absolute Gasteiger partial charge is 0.255 e. The molecule has 0 aliphatic rings. The second kappa shape index (κ2) is 7.07. The van der Waals surface area contributed by atoms with Crippen molar-refractivity contribution >= 4 is 43.9 Å². The van der Waals surface area contributed by atoms with E-state index in [4.69, 9.17) is 4.74 Å². The van der Waals surface area contributed by atoms with Crippen LogP contribution in [0.4, 0.5) is 5.69 Å². The number of rotatable bonds is 4. The number of methoxy groups -OCH3 is 1. The van der Waals surface area contributed by atoms with Crippen LogP contribution in [0.1, 0.15) is 10.4 Å². The third-order valence-electron chi connectivity index (χ3n) is 4.83. The van der Waals surface area contributed by atoms with Gasteiger partial charge in [-0.3, -0.25) is 9.89 Å². The average molecular weight is 399 g/mol. The normalized spacial score (nSPS) is 11.1. The van der Waals surface area contributed by atoms with E-state index in [9.17, 15) is 4.79 Å². The Labute approximate surface area is 171 Å². The van der Waals surface area contributed by atoms with Crippen LogP contribution in [0, 0.1) is 0 Å². The Bertz CT molecular complexity index is 1320. The first-order valence-electron chi connectivity index (χ1n) is 9.13. The fraction of sp³-hybridized carbons (Fsp3) is 0.0435. The number of nitrogens with one attached hydrogen (secondary N) is 2. The number of aromatic nitrogens is 2. The molecule has 5 rings (SSSR count). The summed E-state index contributed by atoms with van der Waals surface area (Å²) in [5, 5.41) is 12.3. The van der Waals surface area contributed by atoms with Crippen LogP contribution < -0.4 is 10.1 Å². The van der Waals surface area contributed by atoms with E-state index in [1.807, 2.05) is 42.5 Å². The van der Waals surface area contributed by atoms with E-state index >= 15 is 0 Å². The number of aromatic amines is 1. The third-order valence-corrected chi connectivity index (χ3v) is 5.98. The van der Waals surface area contributed by atoms with Gasteiger partial charge in [-0.1, -0.05) is 24.3 Å². The van der Waals surface area contributed by atoms with Gasteiger partial charge in [0, 0.05) is 37.8 Å². The molecule has 2 aromatic heterocycles. The van der Waals surface area contributed by atoms with E-state index < -0.39 is 0 Å². The van der Waals surface area contributed by atoms with Crippen LogP contribution in [0.5, 0.6) is 5.75 Å². The predicted molar refractivity (Wildman–Crippen MR) is 118 cm³/mol. The first-order chi connectivity index (χ1) is 14.2. The molecule has 0 atom stereocenters. The van der Waals surface area contributed by atoms with Crippen molar-refractivity contribution in [2.75, 3.05) is 12.4 Å². The van der Waals surface area contributed by atoms with Gasteiger partial charge >= 0.3 is 0 Å². The zero-order valence-corrected chi connectivity index (χ0v) is 16.4. The van der Waals surface area contributed by atoms with Gasteiger partial charge in [0.2, 0.25) is 0 Å². The molecule has 29 heavy (non-hydrogen) atoms. The van der Waals surface area contributed by atoms with Crippen molar-refractivity contribution < 1.29 is 9.53 Å². The maximum atomic E-state index is 13.0. The number of hydrogen-bond donors (Lipinski definition) is 2. The molecule has 0 aliphatic carbocycles. The Morgan fingerprint density at radius 3 is 2.79 bits per heavy atom. The maximum absolute atomic E-state index is 13.0. The highest BCUT2D eigenvalue weighted by Crippen LogP contribution is 2.37. The largest absolute Gasteiger partial charge is 0.497 e. The summed E-state index contributed by atoms with van der Waals surface area (Å²) in [4.78, 5) is 14.0. The number of nitrogens with zero attached hydrogens (tertiary/aromatic N) is 1. The number of amides is 1.